The van der Waals surface area contributed by atoms with Crippen LogP contribution in [0.5, 0.6) is 0 Å². The van der Waals surface area contributed by atoms with Crippen molar-refractivity contribution in [1.82, 2.24) is 9.88 Å². The molecule has 0 spiro atoms. The van der Waals surface area contributed by atoms with Crippen molar-refractivity contribution < 1.29 is 4.92 Å². The topological polar surface area (TPSA) is 74.5 Å². The molecule has 21 heavy (non-hydrogen) atoms. The number of likely N-dealkylation sites (N-methyl/N-ethyl adjacent to an activating group) is 1. The number of rotatable bonds is 6. The summed E-state index contributed by atoms with van der Waals surface area (Å²) in [5.74, 6) is 1.19. The fraction of sp³-hybridized carbons (Fsp3) is 0.643. The normalized spacial score (nSPS) is 16.0. The van der Waals surface area contributed by atoms with Crippen molar-refractivity contribution in [2.75, 3.05) is 49.5 Å². The minimum atomic E-state index is -0.349. The van der Waals surface area contributed by atoms with E-state index in [1.807, 2.05) is 4.90 Å². The number of anilines is 2. The lowest BCUT2D eigenvalue weighted by Crippen LogP contribution is -2.46. The molecule has 1 aromatic heterocycles. The third kappa shape index (κ3) is 3.81. The van der Waals surface area contributed by atoms with Crippen LogP contribution in [0, 0.1) is 10.1 Å². The fourth-order valence-electron chi connectivity index (χ4n) is 2.44. The molecule has 7 heteroatoms. The second-order valence-corrected chi connectivity index (χ2v) is 5.14. The average molecular weight is 293 g/mol. The quantitative estimate of drug-likeness (QED) is 0.638. The van der Waals surface area contributed by atoms with Crippen molar-refractivity contribution in [1.29, 1.82) is 0 Å². The van der Waals surface area contributed by atoms with E-state index >= 15 is 0 Å². The van der Waals surface area contributed by atoms with Crippen molar-refractivity contribution in [3.05, 3.63) is 22.2 Å². The summed E-state index contributed by atoms with van der Waals surface area (Å²) in [5.41, 5.74) is 0.0852. The Bertz CT molecular complexity index is 486. The van der Waals surface area contributed by atoms with Gasteiger partial charge in [-0.1, -0.05) is 13.8 Å². The number of pyridine rings is 1. The van der Waals surface area contributed by atoms with Crippen molar-refractivity contribution in [3.63, 3.8) is 0 Å². The molecule has 1 saturated heterocycles. The molecule has 2 heterocycles. The molecule has 0 aliphatic carbocycles. The maximum atomic E-state index is 11.2. The molecule has 116 valence electrons. The molecule has 0 radical (unpaired) electrons. The Balaban J connectivity index is 2.20. The van der Waals surface area contributed by atoms with E-state index in [1.165, 1.54) is 0 Å². The van der Waals surface area contributed by atoms with Gasteiger partial charge < -0.3 is 15.1 Å². The molecular formula is C14H23N5O2. The highest BCUT2D eigenvalue weighted by atomic mass is 16.6. The number of nitro groups is 1. The molecule has 1 aliphatic rings. The van der Waals surface area contributed by atoms with Crippen molar-refractivity contribution in [3.8, 4) is 0 Å². The third-order valence-electron chi connectivity index (χ3n) is 3.73. The number of hydrogen-bond acceptors (Lipinski definition) is 6. The van der Waals surface area contributed by atoms with Crippen LogP contribution in [-0.2, 0) is 0 Å². The standard InChI is InChI=1S/C14H23N5O2/c1-3-7-15-13-6-5-12(19(20)21)14(16-13)18-10-8-17(4-2)9-11-18/h5-6H,3-4,7-11H2,1-2H3,(H,15,16). The Kier molecular flexibility index (Phi) is 5.32. The van der Waals surface area contributed by atoms with Crippen LogP contribution in [0.1, 0.15) is 20.3 Å². The van der Waals surface area contributed by atoms with E-state index < -0.39 is 0 Å². The van der Waals surface area contributed by atoms with Crippen LogP contribution >= 0.6 is 0 Å². The van der Waals surface area contributed by atoms with E-state index in [0.717, 1.165) is 45.7 Å². The molecular weight excluding hydrogens is 270 g/mol. The zero-order valence-corrected chi connectivity index (χ0v) is 12.7. The van der Waals surface area contributed by atoms with Gasteiger partial charge in [0.1, 0.15) is 5.82 Å². The van der Waals surface area contributed by atoms with Gasteiger partial charge in [0.15, 0.2) is 0 Å². The van der Waals surface area contributed by atoms with Crippen LogP contribution in [0.2, 0.25) is 0 Å². The first-order chi connectivity index (χ1) is 10.2. The lowest BCUT2D eigenvalue weighted by atomic mass is 10.2. The zero-order valence-electron chi connectivity index (χ0n) is 12.7. The summed E-state index contributed by atoms with van der Waals surface area (Å²) in [7, 11) is 0. The first kappa shape index (κ1) is 15.5. The van der Waals surface area contributed by atoms with Gasteiger partial charge >= 0.3 is 5.69 Å². The third-order valence-corrected chi connectivity index (χ3v) is 3.73. The van der Waals surface area contributed by atoms with E-state index in [0.29, 0.717) is 11.6 Å². The summed E-state index contributed by atoms with van der Waals surface area (Å²) in [6, 6.07) is 3.23. The van der Waals surface area contributed by atoms with Gasteiger partial charge in [-0.3, -0.25) is 10.1 Å². The summed E-state index contributed by atoms with van der Waals surface area (Å²) in [4.78, 5) is 19.7. The maximum absolute atomic E-state index is 11.2. The first-order valence-corrected chi connectivity index (χ1v) is 7.52. The smallest absolute Gasteiger partial charge is 0.311 e. The van der Waals surface area contributed by atoms with E-state index in [1.54, 1.807) is 12.1 Å². The van der Waals surface area contributed by atoms with Gasteiger partial charge in [-0.2, -0.15) is 0 Å². The molecule has 2 rings (SSSR count). The molecule has 0 aromatic carbocycles. The Morgan fingerprint density at radius 3 is 2.57 bits per heavy atom. The SMILES string of the molecule is CCCNc1ccc([N+](=O)[O-])c(N2CCN(CC)CC2)n1. The largest absolute Gasteiger partial charge is 0.370 e. The van der Waals surface area contributed by atoms with Gasteiger partial charge in [-0.15, -0.1) is 0 Å². The second-order valence-electron chi connectivity index (χ2n) is 5.14. The van der Waals surface area contributed by atoms with E-state index in [9.17, 15) is 10.1 Å². The van der Waals surface area contributed by atoms with Gasteiger partial charge in [-0.25, -0.2) is 4.98 Å². The Hall–Kier alpha value is -1.89. The minimum absolute atomic E-state index is 0.0852. The highest BCUT2D eigenvalue weighted by molar-refractivity contribution is 5.62. The van der Waals surface area contributed by atoms with Crippen LogP contribution in [0.4, 0.5) is 17.3 Å². The number of nitrogens with zero attached hydrogens (tertiary/aromatic N) is 4. The number of piperazine rings is 1. The van der Waals surface area contributed by atoms with E-state index in [-0.39, 0.29) is 10.6 Å². The molecule has 7 nitrogen and oxygen atoms in total. The van der Waals surface area contributed by atoms with Crippen LogP contribution < -0.4 is 10.2 Å². The van der Waals surface area contributed by atoms with E-state index in [2.05, 4.69) is 29.0 Å². The lowest BCUT2D eigenvalue weighted by molar-refractivity contribution is -0.384. The molecule has 0 saturated carbocycles. The van der Waals surface area contributed by atoms with Crippen LogP contribution in [0.15, 0.2) is 12.1 Å². The van der Waals surface area contributed by atoms with Crippen LogP contribution in [-0.4, -0.2) is 54.1 Å². The van der Waals surface area contributed by atoms with Gasteiger partial charge in [0, 0.05) is 38.8 Å². The highest BCUT2D eigenvalue weighted by Crippen LogP contribution is 2.28. The summed E-state index contributed by atoms with van der Waals surface area (Å²) >= 11 is 0. The highest BCUT2D eigenvalue weighted by Gasteiger charge is 2.25. The fourth-order valence-corrected chi connectivity index (χ4v) is 2.44. The summed E-state index contributed by atoms with van der Waals surface area (Å²) < 4.78 is 0. The molecule has 0 amide bonds. The van der Waals surface area contributed by atoms with Crippen molar-refractivity contribution in [2.45, 2.75) is 20.3 Å². The molecule has 0 bridgehead atoms. The monoisotopic (exact) mass is 293 g/mol. The predicted molar refractivity (Wildman–Crippen MR) is 84.0 cm³/mol. The van der Waals surface area contributed by atoms with Gasteiger partial charge in [0.05, 0.1) is 4.92 Å². The van der Waals surface area contributed by atoms with E-state index in [4.69, 9.17) is 0 Å². The lowest BCUT2D eigenvalue weighted by Gasteiger charge is -2.34. The summed E-state index contributed by atoms with van der Waals surface area (Å²) in [6.45, 7) is 9.42. The summed E-state index contributed by atoms with van der Waals surface area (Å²) in [5, 5.41) is 14.4. The molecule has 0 unspecified atom stereocenters. The van der Waals surface area contributed by atoms with Crippen molar-refractivity contribution >= 4 is 17.3 Å². The number of hydrogen-bond donors (Lipinski definition) is 1. The molecule has 1 aromatic rings. The maximum Gasteiger partial charge on any atom is 0.311 e. The molecule has 1 N–H and O–H groups in total. The second kappa shape index (κ2) is 7.21. The minimum Gasteiger partial charge on any atom is -0.370 e. The van der Waals surface area contributed by atoms with Crippen LogP contribution in [0.25, 0.3) is 0 Å². The number of nitrogens with one attached hydrogen (secondary N) is 1. The molecule has 0 atom stereocenters. The van der Waals surface area contributed by atoms with Gasteiger partial charge in [-0.05, 0) is 19.0 Å². The van der Waals surface area contributed by atoms with Crippen molar-refractivity contribution in [2.24, 2.45) is 0 Å². The summed E-state index contributed by atoms with van der Waals surface area (Å²) in [6.07, 6.45) is 0.989. The Morgan fingerprint density at radius 1 is 1.29 bits per heavy atom. The first-order valence-electron chi connectivity index (χ1n) is 7.52. The number of aromatic nitrogens is 1. The van der Waals surface area contributed by atoms with Crippen LogP contribution in [0.3, 0.4) is 0 Å². The Labute approximate surface area is 125 Å². The predicted octanol–water partition coefficient (Wildman–Crippen LogP) is 1.95. The van der Waals surface area contributed by atoms with Gasteiger partial charge in [0.25, 0.3) is 0 Å². The Morgan fingerprint density at radius 2 is 2.00 bits per heavy atom. The van der Waals surface area contributed by atoms with Gasteiger partial charge in [0.2, 0.25) is 5.82 Å². The average Bonchev–Trinajstić information content (AvgIpc) is 2.52. The molecule has 1 fully saturated rings. The zero-order chi connectivity index (χ0) is 15.2. The molecule has 1 aliphatic heterocycles.